The molecule has 1 fully saturated rings. The molecule has 1 aliphatic carbocycles. The average molecular weight is 256 g/mol. The van der Waals surface area contributed by atoms with E-state index in [4.69, 9.17) is 0 Å². The molecule has 0 bridgehead atoms. The van der Waals surface area contributed by atoms with E-state index in [-0.39, 0.29) is 0 Å². The summed E-state index contributed by atoms with van der Waals surface area (Å²) < 4.78 is 0. The molecule has 0 aliphatic heterocycles. The average Bonchev–Trinajstić information content (AvgIpc) is 2.77. The normalized spacial score (nSPS) is 15.4. The first kappa shape index (κ1) is 12.3. The fourth-order valence-electron chi connectivity index (χ4n) is 2.70. The maximum absolute atomic E-state index is 12.1. The number of aromatic amines is 1. The first-order valence-electron chi connectivity index (χ1n) is 7.05. The van der Waals surface area contributed by atoms with E-state index in [1.807, 2.05) is 18.0 Å². The summed E-state index contributed by atoms with van der Waals surface area (Å²) in [6.07, 6.45) is 6.35. The molecule has 3 nitrogen and oxygen atoms in total. The molecule has 0 saturated heterocycles. The lowest BCUT2D eigenvalue weighted by Gasteiger charge is -2.29. The molecule has 3 rings (SSSR count). The fourth-order valence-corrected chi connectivity index (χ4v) is 2.70. The van der Waals surface area contributed by atoms with Gasteiger partial charge in [0.05, 0.1) is 0 Å². The summed E-state index contributed by atoms with van der Waals surface area (Å²) in [6, 6.07) is 8.31. The second kappa shape index (κ2) is 5.08. The highest BCUT2D eigenvalue weighted by atomic mass is 16.2. The van der Waals surface area contributed by atoms with Gasteiger partial charge in [-0.25, -0.2) is 0 Å². The van der Waals surface area contributed by atoms with Crippen molar-refractivity contribution in [3.05, 3.63) is 36.0 Å². The maximum Gasteiger partial charge on any atom is 0.225 e. The third kappa shape index (κ3) is 2.37. The van der Waals surface area contributed by atoms with Crippen molar-refractivity contribution in [2.75, 3.05) is 13.6 Å². The minimum Gasteiger partial charge on any atom is -0.361 e. The molecule has 1 aromatic heterocycles. The Kier molecular flexibility index (Phi) is 3.28. The van der Waals surface area contributed by atoms with E-state index < -0.39 is 0 Å². The number of likely N-dealkylation sites (N-methyl/N-ethyl adjacent to an activating group) is 1. The van der Waals surface area contributed by atoms with Crippen molar-refractivity contribution in [1.82, 2.24) is 9.88 Å². The molecule has 2 aromatic rings. The predicted octanol–water partition coefficient (Wildman–Crippen LogP) is 2.97. The quantitative estimate of drug-likeness (QED) is 0.897. The summed E-state index contributed by atoms with van der Waals surface area (Å²) in [4.78, 5) is 17.2. The van der Waals surface area contributed by atoms with E-state index in [1.165, 1.54) is 22.9 Å². The lowest BCUT2D eigenvalue weighted by atomic mass is 9.84. The zero-order valence-electron chi connectivity index (χ0n) is 11.4. The lowest BCUT2D eigenvalue weighted by molar-refractivity contribution is -0.136. The van der Waals surface area contributed by atoms with Gasteiger partial charge in [0.2, 0.25) is 5.91 Å². The highest BCUT2D eigenvalue weighted by Gasteiger charge is 2.27. The largest absolute Gasteiger partial charge is 0.361 e. The zero-order chi connectivity index (χ0) is 13.2. The lowest BCUT2D eigenvalue weighted by Crippen LogP contribution is -2.37. The summed E-state index contributed by atoms with van der Waals surface area (Å²) in [6.45, 7) is 0.803. The number of rotatable bonds is 4. The molecule has 0 atom stereocenters. The van der Waals surface area contributed by atoms with Crippen molar-refractivity contribution >= 4 is 16.8 Å². The number of benzene rings is 1. The molecule has 1 aromatic carbocycles. The number of amides is 1. The first-order chi connectivity index (χ1) is 9.25. The summed E-state index contributed by atoms with van der Waals surface area (Å²) in [5.41, 5.74) is 2.47. The van der Waals surface area contributed by atoms with Crippen molar-refractivity contribution in [3.8, 4) is 0 Å². The number of nitrogens with zero attached hydrogens (tertiary/aromatic N) is 1. The number of carbonyl (C=O) groups excluding carboxylic acids is 1. The Morgan fingerprint density at radius 1 is 1.37 bits per heavy atom. The van der Waals surface area contributed by atoms with Crippen LogP contribution in [-0.2, 0) is 11.2 Å². The maximum atomic E-state index is 12.1. The Bertz CT molecular complexity index is 583. The predicted molar refractivity (Wildman–Crippen MR) is 77.0 cm³/mol. The standard InChI is InChI=1S/C16H20N2O/c1-18(16(19)12-5-4-6-12)10-9-13-11-17-15-8-3-2-7-14(13)15/h2-3,7-8,11-12,17H,4-6,9-10H2,1H3. The van der Waals surface area contributed by atoms with Gasteiger partial charge in [0, 0.05) is 36.6 Å². The molecule has 1 amide bonds. The van der Waals surface area contributed by atoms with Gasteiger partial charge in [-0.1, -0.05) is 24.6 Å². The molecule has 3 heteroatoms. The van der Waals surface area contributed by atoms with Crippen LogP contribution < -0.4 is 0 Å². The van der Waals surface area contributed by atoms with Gasteiger partial charge in [0.15, 0.2) is 0 Å². The molecule has 1 heterocycles. The van der Waals surface area contributed by atoms with Gasteiger partial charge in [0.25, 0.3) is 0 Å². The number of hydrogen-bond donors (Lipinski definition) is 1. The van der Waals surface area contributed by atoms with Crippen LogP contribution in [0.5, 0.6) is 0 Å². The highest BCUT2D eigenvalue weighted by Crippen LogP contribution is 2.28. The molecule has 1 N–H and O–H groups in total. The van der Waals surface area contributed by atoms with Gasteiger partial charge in [-0.2, -0.15) is 0 Å². The molecule has 1 saturated carbocycles. The number of nitrogens with one attached hydrogen (secondary N) is 1. The van der Waals surface area contributed by atoms with Gasteiger partial charge in [0.1, 0.15) is 0 Å². The molecule has 100 valence electrons. The topological polar surface area (TPSA) is 36.1 Å². The monoisotopic (exact) mass is 256 g/mol. The Morgan fingerprint density at radius 2 is 2.16 bits per heavy atom. The van der Waals surface area contributed by atoms with E-state index in [0.717, 1.165) is 25.8 Å². The number of fused-ring (bicyclic) bond motifs is 1. The van der Waals surface area contributed by atoms with Crippen molar-refractivity contribution in [1.29, 1.82) is 0 Å². The second-order valence-corrected chi connectivity index (χ2v) is 5.50. The number of H-pyrrole nitrogens is 1. The van der Waals surface area contributed by atoms with Gasteiger partial charge in [-0.3, -0.25) is 4.79 Å². The number of aromatic nitrogens is 1. The van der Waals surface area contributed by atoms with Crippen LogP contribution in [0.4, 0.5) is 0 Å². The van der Waals surface area contributed by atoms with Crippen LogP contribution in [0, 0.1) is 5.92 Å². The second-order valence-electron chi connectivity index (χ2n) is 5.50. The first-order valence-corrected chi connectivity index (χ1v) is 7.05. The number of para-hydroxylation sites is 1. The van der Waals surface area contributed by atoms with Gasteiger partial charge in [-0.15, -0.1) is 0 Å². The van der Waals surface area contributed by atoms with E-state index in [1.54, 1.807) is 0 Å². The van der Waals surface area contributed by atoms with E-state index in [2.05, 4.69) is 29.4 Å². The van der Waals surface area contributed by atoms with Crippen LogP contribution in [0.25, 0.3) is 10.9 Å². The van der Waals surface area contributed by atoms with Gasteiger partial charge < -0.3 is 9.88 Å². The number of hydrogen-bond acceptors (Lipinski definition) is 1. The summed E-state index contributed by atoms with van der Waals surface area (Å²) in [7, 11) is 1.93. The van der Waals surface area contributed by atoms with E-state index >= 15 is 0 Å². The van der Waals surface area contributed by atoms with E-state index in [0.29, 0.717) is 11.8 Å². The van der Waals surface area contributed by atoms with E-state index in [9.17, 15) is 4.79 Å². The zero-order valence-corrected chi connectivity index (χ0v) is 11.4. The minimum atomic E-state index is 0.299. The molecule has 0 unspecified atom stereocenters. The molecule has 0 radical (unpaired) electrons. The molecule has 19 heavy (non-hydrogen) atoms. The molecule has 1 aliphatic rings. The van der Waals surface area contributed by atoms with Crippen LogP contribution in [0.15, 0.2) is 30.5 Å². The van der Waals surface area contributed by atoms with Crippen molar-refractivity contribution in [2.24, 2.45) is 5.92 Å². The Balaban J connectivity index is 1.64. The third-order valence-electron chi connectivity index (χ3n) is 4.22. The highest BCUT2D eigenvalue weighted by molar-refractivity contribution is 5.83. The van der Waals surface area contributed by atoms with Crippen LogP contribution in [0.3, 0.4) is 0 Å². The van der Waals surface area contributed by atoms with Crippen LogP contribution in [0.2, 0.25) is 0 Å². The van der Waals surface area contributed by atoms with Gasteiger partial charge in [-0.05, 0) is 30.9 Å². The van der Waals surface area contributed by atoms with Crippen molar-refractivity contribution < 1.29 is 4.79 Å². The summed E-state index contributed by atoms with van der Waals surface area (Å²) in [5.74, 6) is 0.624. The van der Waals surface area contributed by atoms with Crippen LogP contribution in [0.1, 0.15) is 24.8 Å². The van der Waals surface area contributed by atoms with Gasteiger partial charge >= 0.3 is 0 Å². The SMILES string of the molecule is CN(CCc1c[nH]c2ccccc12)C(=O)C1CCC1. The Labute approximate surface area is 113 Å². The molecular formula is C16H20N2O. The third-order valence-corrected chi connectivity index (χ3v) is 4.22. The summed E-state index contributed by atoms with van der Waals surface area (Å²) in [5, 5.41) is 1.27. The Hall–Kier alpha value is -1.77. The molecule has 0 spiro atoms. The minimum absolute atomic E-state index is 0.299. The smallest absolute Gasteiger partial charge is 0.225 e. The summed E-state index contributed by atoms with van der Waals surface area (Å²) >= 11 is 0. The molecular weight excluding hydrogens is 236 g/mol. The van der Waals surface area contributed by atoms with Crippen molar-refractivity contribution in [2.45, 2.75) is 25.7 Å². The van der Waals surface area contributed by atoms with Crippen molar-refractivity contribution in [3.63, 3.8) is 0 Å². The van der Waals surface area contributed by atoms with Crippen LogP contribution >= 0.6 is 0 Å². The fraction of sp³-hybridized carbons (Fsp3) is 0.438. The Morgan fingerprint density at radius 3 is 2.89 bits per heavy atom. The van der Waals surface area contributed by atoms with Crippen LogP contribution in [-0.4, -0.2) is 29.4 Å². The number of carbonyl (C=O) groups is 1.